The summed E-state index contributed by atoms with van der Waals surface area (Å²) in [5.41, 5.74) is 1.17. The lowest BCUT2D eigenvalue weighted by Gasteiger charge is -2.01. The highest BCUT2D eigenvalue weighted by molar-refractivity contribution is 5.81. The number of benzene rings is 1. The normalized spacial score (nSPS) is 7.86. The van der Waals surface area contributed by atoms with Gasteiger partial charge in [0.1, 0.15) is 0 Å². The number of hydrogen-bond acceptors (Lipinski definition) is 3. The Hall–Kier alpha value is -3.12. The van der Waals surface area contributed by atoms with E-state index in [-0.39, 0.29) is 5.97 Å². The molecule has 0 radical (unpaired) electrons. The third-order valence-electron chi connectivity index (χ3n) is 3.20. The highest BCUT2D eigenvalue weighted by Gasteiger charge is 1.94. The molecule has 0 amide bonds. The smallest absolute Gasteiger partial charge is 0.330 e. The maximum absolute atomic E-state index is 10.6. The van der Waals surface area contributed by atoms with Crippen molar-refractivity contribution in [3.05, 3.63) is 93.1 Å². The summed E-state index contributed by atoms with van der Waals surface area (Å²) in [5, 5.41) is 7.51. The molecule has 0 bridgehead atoms. The van der Waals surface area contributed by atoms with Gasteiger partial charge in [0.25, 0.3) is 0 Å². The van der Waals surface area contributed by atoms with Crippen molar-refractivity contribution in [2.75, 3.05) is 6.61 Å². The van der Waals surface area contributed by atoms with Crippen LogP contribution < -0.4 is 0 Å². The molecule has 158 valence electrons. The van der Waals surface area contributed by atoms with Gasteiger partial charge in [0.2, 0.25) is 0 Å². The molecule has 0 fully saturated rings. The number of carbonyl (C=O) groups excluding carboxylic acids is 1. The van der Waals surface area contributed by atoms with E-state index in [0.717, 1.165) is 12.8 Å². The summed E-state index contributed by atoms with van der Waals surface area (Å²) in [6.07, 6.45) is 14.8. The van der Waals surface area contributed by atoms with Crippen LogP contribution in [0.25, 0.3) is 6.08 Å². The quantitative estimate of drug-likeness (QED) is 0.136. The SMILES string of the molecule is C=CC#N.C=CC(=O)OCCCCCCCC.C=CC=C.C=Cc1ccccc1. The van der Waals surface area contributed by atoms with E-state index < -0.39 is 0 Å². The molecule has 0 aliphatic rings. The fourth-order valence-corrected chi connectivity index (χ4v) is 1.70. The van der Waals surface area contributed by atoms with Crippen LogP contribution in [-0.2, 0) is 9.53 Å². The molecule has 1 rings (SSSR count). The standard InChI is InChI=1S/C11H20O2.C8H8.C4H6.C3H3N/c1-3-5-6-7-8-9-10-13-11(12)4-2;1-2-8-6-4-3-5-7-8;1-3-4-2;1-2-3-4/h4H,2-3,5-10H2,1H3;2-7H,1H2;3-4H,1-2H2;2H,1H2. The van der Waals surface area contributed by atoms with Gasteiger partial charge >= 0.3 is 5.97 Å². The number of carbonyl (C=O) groups is 1. The molecule has 0 unspecified atom stereocenters. The Bertz CT molecular complexity index is 576. The number of unbranched alkanes of at least 4 members (excludes halogenated alkanes) is 5. The third-order valence-corrected chi connectivity index (χ3v) is 3.20. The predicted molar refractivity (Wildman–Crippen MR) is 127 cm³/mol. The highest BCUT2D eigenvalue weighted by Crippen LogP contribution is 2.04. The molecule has 0 spiro atoms. The third kappa shape index (κ3) is 33.0. The Labute approximate surface area is 178 Å². The minimum Gasteiger partial charge on any atom is -0.463 e. The van der Waals surface area contributed by atoms with Crippen LogP contribution in [0.5, 0.6) is 0 Å². The van der Waals surface area contributed by atoms with Gasteiger partial charge in [0, 0.05) is 12.2 Å². The van der Waals surface area contributed by atoms with Crippen LogP contribution in [0, 0.1) is 11.3 Å². The monoisotopic (exact) mass is 395 g/mol. The Kier molecular flexibility index (Phi) is 31.3. The van der Waals surface area contributed by atoms with Gasteiger partial charge in [-0.05, 0) is 12.0 Å². The second-order valence-electron chi connectivity index (χ2n) is 5.56. The number of rotatable bonds is 10. The summed E-state index contributed by atoms with van der Waals surface area (Å²) in [4.78, 5) is 10.6. The van der Waals surface area contributed by atoms with E-state index in [1.54, 1.807) is 18.2 Å². The first kappa shape index (κ1) is 30.6. The highest BCUT2D eigenvalue weighted by atomic mass is 16.5. The Balaban J connectivity index is -0.000000356. The van der Waals surface area contributed by atoms with Crippen molar-refractivity contribution in [1.29, 1.82) is 5.26 Å². The number of nitriles is 1. The molecule has 0 heterocycles. The van der Waals surface area contributed by atoms with Crippen molar-refractivity contribution >= 4 is 12.0 Å². The fraction of sp³-hybridized carbons (Fsp3) is 0.308. The zero-order valence-electron chi connectivity index (χ0n) is 18.0. The molecular formula is C26H37NO2. The summed E-state index contributed by atoms with van der Waals surface area (Å²) in [7, 11) is 0. The zero-order chi connectivity index (χ0) is 22.6. The average Bonchev–Trinajstić information content (AvgIpc) is 2.79. The van der Waals surface area contributed by atoms with E-state index in [1.165, 1.54) is 43.4 Å². The van der Waals surface area contributed by atoms with Gasteiger partial charge in [-0.3, -0.25) is 0 Å². The Morgan fingerprint density at radius 2 is 1.48 bits per heavy atom. The molecule has 3 heteroatoms. The second-order valence-corrected chi connectivity index (χ2v) is 5.56. The van der Waals surface area contributed by atoms with Crippen LogP contribution in [0.3, 0.4) is 0 Å². The number of nitrogens with zero attached hydrogens (tertiary/aromatic N) is 1. The number of ether oxygens (including phenoxy) is 1. The first-order valence-electron chi connectivity index (χ1n) is 9.78. The van der Waals surface area contributed by atoms with Crippen LogP contribution in [0.15, 0.2) is 87.5 Å². The molecular weight excluding hydrogens is 358 g/mol. The lowest BCUT2D eigenvalue weighted by Crippen LogP contribution is -2.01. The summed E-state index contributed by atoms with van der Waals surface area (Å²) < 4.78 is 4.84. The van der Waals surface area contributed by atoms with Crippen molar-refractivity contribution in [2.45, 2.75) is 45.4 Å². The number of hydrogen-bond donors (Lipinski definition) is 0. The minimum atomic E-state index is -0.312. The van der Waals surface area contributed by atoms with Gasteiger partial charge in [0.15, 0.2) is 0 Å². The van der Waals surface area contributed by atoms with Crippen LogP contribution in [0.2, 0.25) is 0 Å². The van der Waals surface area contributed by atoms with E-state index in [2.05, 4.69) is 39.8 Å². The van der Waals surface area contributed by atoms with Crippen LogP contribution >= 0.6 is 0 Å². The molecule has 0 aliphatic heterocycles. The van der Waals surface area contributed by atoms with Crippen LogP contribution in [0.4, 0.5) is 0 Å². The van der Waals surface area contributed by atoms with E-state index >= 15 is 0 Å². The first-order chi connectivity index (χ1) is 14.1. The van der Waals surface area contributed by atoms with E-state index in [0.29, 0.717) is 6.61 Å². The largest absolute Gasteiger partial charge is 0.463 e. The van der Waals surface area contributed by atoms with Gasteiger partial charge in [-0.1, -0.05) is 120 Å². The van der Waals surface area contributed by atoms with Gasteiger partial charge in [-0.25, -0.2) is 4.79 Å². The van der Waals surface area contributed by atoms with Crippen molar-refractivity contribution in [3.63, 3.8) is 0 Å². The van der Waals surface area contributed by atoms with E-state index in [4.69, 9.17) is 10.00 Å². The molecule has 1 aromatic rings. The van der Waals surface area contributed by atoms with Crippen LogP contribution in [-0.4, -0.2) is 12.6 Å². The van der Waals surface area contributed by atoms with Crippen molar-refractivity contribution < 1.29 is 9.53 Å². The van der Waals surface area contributed by atoms with Gasteiger partial charge in [-0.2, -0.15) is 5.26 Å². The molecule has 29 heavy (non-hydrogen) atoms. The zero-order valence-corrected chi connectivity index (χ0v) is 18.0. The molecule has 0 N–H and O–H groups in total. The molecule has 1 aromatic carbocycles. The summed E-state index contributed by atoms with van der Waals surface area (Å²) in [5.74, 6) is -0.312. The summed E-state index contributed by atoms with van der Waals surface area (Å²) in [6.45, 7) is 19.5. The number of allylic oxidation sites excluding steroid dienone is 3. The maximum atomic E-state index is 10.6. The molecule has 0 saturated carbocycles. The van der Waals surface area contributed by atoms with Crippen molar-refractivity contribution in [1.82, 2.24) is 0 Å². The molecule has 0 atom stereocenters. The topological polar surface area (TPSA) is 50.1 Å². The van der Waals surface area contributed by atoms with E-state index in [1.807, 2.05) is 36.4 Å². The molecule has 0 saturated heterocycles. The number of esters is 1. The lowest BCUT2D eigenvalue weighted by molar-refractivity contribution is -0.137. The van der Waals surface area contributed by atoms with Gasteiger partial charge in [0.05, 0.1) is 12.7 Å². The average molecular weight is 396 g/mol. The molecule has 0 aromatic heterocycles. The predicted octanol–water partition coefficient (Wildman–Crippen LogP) is 7.46. The lowest BCUT2D eigenvalue weighted by atomic mass is 10.1. The van der Waals surface area contributed by atoms with Crippen molar-refractivity contribution in [2.24, 2.45) is 0 Å². The fourth-order valence-electron chi connectivity index (χ4n) is 1.70. The van der Waals surface area contributed by atoms with Gasteiger partial charge < -0.3 is 4.74 Å². The summed E-state index contributed by atoms with van der Waals surface area (Å²) >= 11 is 0. The van der Waals surface area contributed by atoms with Crippen LogP contribution in [0.1, 0.15) is 51.0 Å². The second kappa shape index (κ2) is 29.6. The van der Waals surface area contributed by atoms with Crippen molar-refractivity contribution in [3.8, 4) is 6.07 Å². The molecule has 0 aliphatic carbocycles. The minimum absolute atomic E-state index is 0.312. The maximum Gasteiger partial charge on any atom is 0.330 e. The first-order valence-corrected chi connectivity index (χ1v) is 9.78. The Morgan fingerprint density at radius 1 is 0.966 bits per heavy atom. The summed E-state index contributed by atoms with van der Waals surface area (Å²) in [6, 6.07) is 11.7. The molecule has 3 nitrogen and oxygen atoms in total. The Morgan fingerprint density at radius 3 is 1.86 bits per heavy atom. The van der Waals surface area contributed by atoms with E-state index in [9.17, 15) is 4.79 Å². The van der Waals surface area contributed by atoms with Gasteiger partial charge in [-0.15, -0.1) is 0 Å².